The molecule has 0 aliphatic heterocycles. The molecule has 1 heterocycles. The molecule has 0 atom stereocenters. The minimum atomic E-state index is -4.92. The fraction of sp³-hybridized carbons (Fsp3) is 0.167. The third-order valence-electron chi connectivity index (χ3n) is 2.48. The second-order valence-corrected chi connectivity index (χ2v) is 4.85. The van der Waals surface area contributed by atoms with Gasteiger partial charge in [-0.25, -0.2) is 4.98 Å². The highest BCUT2D eigenvalue weighted by molar-refractivity contribution is 7.13. The quantitative estimate of drug-likeness (QED) is 0.594. The first-order valence-corrected chi connectivity index (χ1v) is 6.20. The minimum absolute atomic E-state index is 0.0394. The van der Waals surface area contributed by atoms with Crippen LogP contribution in [0.4, 0.5) is 26.3 Å². The highest BCUT2D eigenvalue weighted by Gasteiger charge is 2.37. The van der Waals surface area contributed by atoms with E-state index in [1.807, 2.05) is 0 Å². The van der Waals surface area contributed by atoms with Crippen molar-refractivity contribution in [2.75, 3.05) is 0 Å². The molecular weight excluding hydrogens is 320 g/mol. The molecule has 0 aliphatic rings. The first kappa shape index (κ1) is 15.5. The van der Waals surface area contributed by atoms with Gasteiger partial charge in [-0.05, 0) is 18.2 Å². The summed E-state index contributed by atoms with van der Waals surface area (Å²) >= 11 is 0.789. The van der Waals surface area contributed by atoms with Crippen LogP contribution >= 0.6 is 11.3 Å². The summed E-state index contributed by atoms with van der Waals surface area (Å²) in [7, 11) is 0. The monoisotopic (exact) mass is 325 g/mol. The number of aldehydes is 1. The molecule has 0 unspecified atom stereocenters. The van der Waals surface area contributed by atoms with Gasteiger partial charge in [0, 0.05) is 10.9 Å². The Balaban J connectivity index is 2.62. The van der Waals surface area contributed by atoms with Crippen LogP contribution in [0.3, 0.4) is 0 Å². The Morgan fingerprint density at radius 1 is 0.952 bits per heavy atom. The van der Waals surface area contributed by atoms with E-state index in [1.165, 1.54) is 5.38 Å². The number of benzene rings is 1. The topological polar surface area (TPSA) is 30.0 Å². The summed E-state index contributed by atoms with van der Waals surface area (Å²) in [5, 5.41) is 1.16. The van der Waals surface area contributed by atoms with E-state index >= 15 is 0 Å². The summed E-state index contributed by atoms with van der Waals surface area (Å²) in [4.78, 5) is 14.1. The van der Waals surface area contributed by atoms with E-state index in [0.29, 0.717) is 18.4 Å². The molecule has 0 radical (unpaired) electrons. The van der Waals surface area contributed by atoms with Crippen LogP contribution in [0.1, 0.15) is 21.6 Å². The minimum Gasteiger partial charge on any atom is -0.296 e. The molecule has 1 aromatic carbocycles. The van der Waals surface area contributed by atoms with Crippen molar-refractivity contribution in [1.82, 2.24) is 4.98 Å². The average Bonchev–Trinajstić information content (AvgIpc) is 2.85. The van der Waals surface area contributed by atoms with Crippen LogP contribution in [0.15, 0.2) is 23.6 Å². The molecule has 2 aromatic rings. The van der Waals surface area contributed by atoms with E-state index < -0.39 is 23.5 Å². The zero-order valence-corrected chi connectivity index (χ0v) is 10.7. The first-order chi connectivity index (χ1) is 9.61. The van der Waals surface area contributed by atoms with Gasteiger partial charge >= 0.3 is 12.4 Å². The summed E-state index contributed by atoms with van der Waals surface area (Å²) in [6.45, 7) is 0. The third kappa shape index (κ3) is 3.41. The van der Waals surface area contributed by atoms with Crippen LogP contribution in [0, 0.1) is 0 Å². The van der Waals surface area contributed by atoms with Gasteiger partial charge in [0.15, 0.2) is 6.29 Å². The molecule has 2 rings (SSSR count). The maximum absolute atomic E-state index is 12.7. The predicted octanol–water partition coefficient (Wildman–Crippen LogP) is 4.66. The lowest BCUT2D eigenvalue weighted by Gasteiger charge is -2.13. The Labute approximate surface area is 118 Å². The Morgan fingerprint density at radius 2 is 1.48 bits per heavy atom. The summed E-state index contributed by atoms with van der Waals surface area (Å²) in [6, 6.07) is 1.18. The van der Waals surface area contributed by atoms with Gasteiger partial charge < -0.3 is 0 Å². The zero-order chi connectivity index (χ0) is 15.8. The van der Waals surface area contributed by atoms with Crippen molar-refractivity contribution < 1.29 is 31.1 Å². The van der Waals surface area contributed by atoms with E-state index in [-0.39, 0.29) is 22.3 Å². The number of alkyl halides is 6. The van der Waals surface area contributed by atoms with Crippen LogP contribution in [-0.2, 0) is 12.4 Å². The zero-order valence-electron chi connectivity index (χ0n) is 9.92. The first-order valence-electron chi connectivity index (χ1n) is 5.32. The van der Waals surface area contributed by atoms with E-state index in [2.05, 4.69) is 4.98 Å². The summed E-state index contributed by atoms with van der Waals surface area (Å²) in [6.07, 6.45) is -9.47. The number of aromatic nitrogens is 1. The Morgan fingerprint density at radius 3 is 1.86 bits per heavy atom. The largest absolute Gasteiger partial charge is 0.416 e. The van der Waals surface area contributed by atoms with E-state index in [1.54, 1.807) is 0 Å². The maximum atomic E-state index is 12.7. The molecule has 0 bridgehead atoms. The number of hydrogen-bond donors (Lipinski definition) is 0. The fourth-order valence-corrected chi connectivity index (χ4v) is 2.30. The van der Waals surface area contributed by atoms with E-state index in [4.69, 9.17) is 0 Å². The second-order valence-electron chi connectivity index (χ2n) is 3.99. The molecule has 0 amide bonds. The molecule has 112 valence electrons. The van der Waals surface area contributed by atoms with Gasteiger partial charge in [-0.3, -0.25) is 4.79 Å². The van der Waals surface area contributed by atoms with Gasteiger partial charge in [-0.1, -0.05) is 0 Å². The van der Waals surface area contributed by atoms with Gasteiger partial charge in [0.25, 0.3) is 0 Å². The second kappa shape index (κ2) is 5.14. The van der Waals surface area contributed by atoms with Crippen molar-refractivity contribution in [2.45, 2.75) is 12.4 Å². The Kier molecular flexibility index (Phi) is 3.79. The summed E-state index contributed by atoms with van der Waals surface area (Å²) < 4.78 is 76.1. The Hall–Kier alpha value is -1.90. The lowest BCUT2D eigenvalue weighted by Crippen LogP contribution is -2.11. The van der Waals surface area contributed by atoms with Gasteiger partial charge in [0.2, 0.25) is 0 Å². The molecule has 0 N–H and O–H groups in total. The lowest BCUT2D eigenvalue weighted by atomic mass is 10.1. The number of carbonyl (C=O) groups is 1. The number of rotatable bonds is 2. The third-order valence-corrected chi connectivity index (χ3v) is 3.39. The van der Waals surface area contributed by atoms with Gasteiger partial charge in [0.1, 0.15) is 10.7 Å². The molecule has 2 nitrogen and oxygen atoms in total. The van der Waals surface area contributed by atoms with Crippen LogP contribution in [0.5, 0.6) is 0 Å². The number of carbonyl (C=O) groups excluding carboxylic acids is 1. The molecule has 0 fully saturated rings. The van der Waals surface area contributed by atoms with E-state index in [0.717, 1.165) is 11.3 Å². The van der Waals surface area contributed by atoms with Crippen molar-refractivity contribution in [3.8, 4) is 10.6 Å². The number of halogens is 6. The highest BCUT2D eigenvalue weighted by atomic mass is 32.1. The van der Waals surface area contributed by atoms with Crippen LogP contribution in [0.2, 0.25) is 0 Å². The molecule has 0 saturated carbocycles. The van der Waals surface area contributed by atoms with Gasteiger partial charge in [-0.15, -0.1) is 11.3 Å². The summed E-state index contributed by atoms with van der Waals surface area (Å²) in [5.74, 6) is 0. The molecule has 0 spiro atoms. The summed E-state index contributed by atoms with van der Waals surface area (Å²) in [5.41, 5.74) is -3.23. The molecular formula is C12H5F6NOS. The van der Waals surface area contributed by atoms with E-state index in [9.17, 15) is 31.1 Å². The van der Waals surface area contributed by atoms with Crippen molar-refractivity contribution in [1.29, 1.82) is 0 Å². The predicted molar refractivity (Wildman–Crippen MR) is 62.9 cm³/mol. The average molecular weight is 325 g/mol. The number of hydrogen-bond acceptors (Lipinski definition) is 3. The van der Waals surface area contributed by atoms with Crippen LogP contribution in [0.25, 0.3) is 10.6 Å². The molecule has 21 heavy (non-hydrogen) atoms. The maximum Gasteiger partial charge on any atom is 0.416 e. The molecule has 9 heteroatoms. The Bertz CT molecular complexity index is 641. The normalized spacial score (nSPS) is 12.5. The van der Waals surface area contributed by atoms with Crippen molar-refractivity contribution >= 4 is 17.6 Å². The number of nitrogens with zero attached hydrogens (tertiary/aromatic N) is 1. The fourth-order valence-electron chi connectivity index (χ4n) is 1.55. The standard InChI is InChI=1S/C12H5F6NOS/c13-11(14,15)7-1-6(2-8(3-7)12(16,17)18)10-19-9(4-20)5-21-10/h1-5H. The van der Waals surface area contributed by atoms with Gasteiger partial charge in [0.05, 0.1) is 11.1 Å². The van der Waals surface area contributed by atoms with Gasteiger partial charge in [-0.2, -0.15) is 26.3 Å². The molecule has 0 saturated heterocycles. The van der Waals surface area contributed by atoms with Crippen LogP contribution in [-0.4, -0.2) is 11.3 Å². The SMILES string of the molecule is O=Cc1csc(-c2cc(C(F)(F)F)cc(C(F)(F)F)c2)n1. The van der Waals surface area contributed by atoms with Crippen molar-refractivity contribution in [3.05, 3.63) is 40.4 Å². The van der Waals surface area contributed by atoms with Crippen molar-refractivity contribution in [2.24, 2.45) is 0 Å². The smallest absolute Gasteiger partial charge is 0.296 e. The highest BCUT2D eigenvalue weighted by Crippen LogP contribution is 2.39. The molecule has 1 aromatic heterocycles. The number of thiazole rings is 1. The lowest BCUT2D eigenvalue weighted by molar-refractivity contribution is -0.143. The molecule has 0 aliphatic carbocycles. The van der Waals surface area contributed by atoms with Crippen molar-refractivity contribution in [3.63, 3.8) is 0 Å². The van der Waals surface area contributed by atoms with Crippen LogP contribution < -0.4 is 0 Å².